The third-order valence-corrected chi connectivity index (χ3v) is 3.67. The fraction of sp³-hybridized carbons (Fsp3) is 0.625. The number of amides is 1. The minimum Gasteiger partial charge on any atom is -0.392 e. The Morgan fingerprint density at radius 3 is 2.76 bits per heavy atom. The van der Waals surface area contributed by atoms with Gasteiger partial charge in [0.25, 0.3) is 0 Å². The Morgan fingerprint density at radius 1 is 1.53 bits per heavy atom. The van der Waals surface area contributed by atoms with Crippen LogP contribution in [0.25, 0.3) is 0 Å². The van der Waals surface area contributed by atoms with Crippen molar-refractivity contribution in [2.45, 2.75) is 12.8 Å². The number of hydrogen-bond donors (Lipinski definition) is 2. The van der Waals surface area contributed by atoms with Crippen LogP contribution in [0.2, 0.25) is 0 Å². The first kappa shape index (κ1) is 12.3. The van der Waals surface area contributed by atoms with Crippen molar-refractivity contribution in [3.63, 3.8) is 0 Å². The Balaban J connectivity index is 2.15. The summed E-state index contributed by atoms with van der Waals surface area (Å²) >= 11 is 6.02. The Morgan fingerprint density at radius 2 is 2.24 bits per heavy atom. The maximum atomic E-state index is 12.2. The molecule has 2 rings (SSSR count). The van der Waals surface area contributed by atoms with Crippen molar-refractivity contribution < 1.29 is 9.53 Å². The highest BCUT2D eigenvalue weighted by molar-refractivity contribution is 7.80. The number of carbonyl (C=O) groups excluding carboxylic acids is 1. The van der Waals surface area contributed by atoms with E-state index in [2.05, 4.69) is 20.1 Å². The zero-order valence-corrected chi connectivity index (χ0v) is 10.5. The molecule has 0 aromatic carbocycles. The molecule has 1 saturated heterocycles. The Labute approximate surface area is 107 Å². The van der Waals surface area contributed by atoms with Crippen molar-refractivity contribution in [1.29, 1.82) is 0 Å². The number of nitrogens with zero attached hydrogens (tertiary/aromatic N) is 3. The van der Waals surface area contributed by atoms with E-state index in [-0.39, 0.29) is 10.9 Å². The summed E-state index contributed by atoms with van der Waals surface area (Å²) in [4.78, 5) is 12.4. The molecule has 9 heteroatoms. The van der Waals surface area contributed by atoms with Gasteiger partial charge in [-0.3, -0.25) is 10.1 Å². The van der Waals surface area contributed by atoms with Gasteiger partial charge in [-0.05, 0) is 18.1 Å². The van der Waals surface area contributed by atoms with Crippen LogP contribution in [0, 0.1) is 5.41 Å². The van der Waals surface area contributed by atoms with Crippen LogP contribution in [0.4, 0.5) is 5.13 Å². The van der Waals surface area contributed by atoms with Crippen LogP contribution in [0.15, 0.2) is 0 Å². The molecule has 0 atom stereocenters. The smallest absolute Gasteiger partial charge is 0.239 e. The normalized spacial score (nSPS) is 18.6. The molecular weight excluding hydrogens is 262 g/mol. The molecule has 0 spiro atoms. The zero-order valence-electron chi connectivity index (χ0n) is 8.88. The molecule has 1 aromatic heterocycles. The van der Waals surface area contributed by atoms with E-state index in [1.165, 1.54) is 0 Å². The highest BCUT2D eigenvalue weighted by atomic mass is 32.1. The van der Waals surface area contributed by atoms with Gasteiger partial charge in [-0.2, -0.15) is 0 Å². The SMILES string of the molecule is NC(=S)C1(C(=O)Nc2nnns2)CCOCC1. The van der Waals surface area contributed by atoms with Crippen LogP contribution in [-0.2, 0) is 9.53 Å². The van der Waals surface area contributed by atoms with E-state index in [4.69, 9.17) is 22.7 Å². The molecule has 1 aliphatic rings. The van der Waals surface area contributed by atoms with E-state index in [1.54, 1.807) is 0 Å². The van der Waals surface area contributed by atoms with Crippen molar-refractivity contribution in [2.75, 3.05) is 18.5 Å². The van der Waals surface area contributed by atoms with E-state index in [0.717, 1.165) is 11.5 Å². The third-order valence-electron chi connectivity index (χ3n) is 2.77. The van der Waals surface area contributed by atoms with Crippen LogP contribution in [-0.4, -0.2) is 38.9 Å². The number of anilines is 1. The van der Waals surface area contributed by atoms with Gasteiger partial charge in [0.1, 0.15) is 5.41 Å². The van der Waals surface area contributed by atoms with E-state index in [1.807, 2.05) is 0 Å². The largest absolute Gasteiger partial charge is 0.392 e. The lowest BCUT2D eigenvalue weighted by Crippen LogP contribution is -2.49. The molecule has 17 heavy (non-hydrogen) atoms. The molecule has 0 bridgehead atoms. The standard InChI is InChI=1S/C8H11N5O2S2/c9-5(16)8(1-3-15-4-2-8)6(14)10-7-11-12-13-17-7/h1-4H2,(H2,9,16)(H,10,11,13,14). The first-order chi connectivity index (χ1) is 8.15. The first-order valence-corrected chi connectivity index (χ1v) is 6.17. The van der Waals surface area contributed by atoms with E-state index >= 15 is 0 Å². The summed E-state index contributed by atoms with van der Waals surface area (Å²) in [5, 5.41) is 10.0. The Bertz CT molecular complexity index is 416. The molecule has 1 aromatic rings. The Kier molecular flexibility index (Phi) is 3.60. The van der Waals surface area contributed by atoms with Crippen molar-refractivity contribution >= 4 is 39.8 Å². The van der Waals surface area contributed by atoms with E-state index in [0.29, 0.717) is 31.2 Å². The van der Waals surface area contributed by atoms with Gasteiger partial charge in [-0.25, -0.2) is 0 Å². The van der Waals surface area contributed by atoms with Gasteiger partial charge < -0.3 is 10.5 Å². The van der Waals surface area contributed by atoms with Crippen molar-refractivity contribution in [1.82, 2.24) is 14.8 Å². The highest BCUT2D eigenvalue weighted by Gasteiger charge is 2.43. The predicted molar refractivity (Wildman–Crippen MR) is 65.6 cm³/mol. The number of hydrogen-bond acceptors (Lipinski definition) is 7. The monoisotopic (exact) mass is 273 g/mol. The molecule has 0 radical (unpaired) electrons. The van der Waals surface area contributed by atoms with E-state index < -0.39 is 5.41 Å². The summed E-state index contributed by atoms with van der Waals surface area (Å²) in [6.07, 6.45) is 0.973. The molecule has 0 unspecified atom stereocenters. The topological polar surface area (TPSA) is 103 Å². The number of nitrogens with two attached hydrogens (primary N) is 1. The number of ether oxygens (including phenoxy) is 1. The number of carbonyl (C=O) groups is 1. The van der Waals surface area contributed by atoms with Crippen LogP contribution >= 0.6 is 23.8 Å². The van der Waals surface area contributed by atoms with Gasteiger partial charge in [-0.15, -0.1) is 0 Å². The van der Waals surface area contributed by atoms with Gasteiger partial charge in [0.15, 0.2) is 0 Å². The van der Waals surface area contributed by atoms with Crippen LogP contribution in [0.5, 0.6) is 0 Å². The quantitative estimate of drug-likeness (QED) is 0.744. The summed E-state index contributed by atoms with van der Waals surface area (Å²) in [5.41, 5.74) is 4.85. The number of aromatic nitrogens is 3. The molecule has 7 nitrogen and oxygen atoms in total. The molecule has 3 N–H and O–H groups in total. The molecule has 1 fully saturated rings. The van der Waals surface area contributed by atoms with Crippen molar-refractivity contribution in [3.8, 4) is 0 Å². The molecule has 0 saturated carbocycles. The van der Waals surface area contributed by atoms with Gasteiger partial charge in [-0.1, -0.05) is 21.8 Å². The summed E-state index contributed by atoms with van der Waals surface area (Å²) in [6.45, 7) is 0.943. The number of nitrogens with one attached hydrogen (secondary N) is 1. The number of thiocarbonyl (C=S) groups is 1. The molecule has 1 aliphatic heterocycles. The minimum absolute atomic E-state index is 0.191. The summed E-state index contributed by atoms with van der Waals surface area (Å²) < 4.78 is 8.79. The molecule has 1 amide bonds. The van der Waals surface area contributed by atoms with Crippen LogP contribution < -0.4 is 11.1 Å². The lowest BCUT2D eigenvalue weighted by atomic mass is 9.79. The predicted octanol–water partition coefficient (Wildman–Crippen LogP) is -0.0455. The summed E-state index contributed by atoms with van der Waals surface area (Å²) in [7, 11) is 0. The second-order valence-corrected chi connectivity index (χ2v) is 4.85. The van der Waals surface area contributed by atoms with Crippen LogP contribution in [0.3, 0.4) is 0 Å². The van der Waals surface area contributed by atoms with Crippen molar-refractivity contribution in [3.05, 3.63) is 0 Å². The molecular formula is C8H11N5O2S2. The minimum atomic E-state index is -0.848. The fourth-order valence-electron chi connectivity index (χ4n) is 1.70. The number of rotatable bonds is 3. The summed E-state index contributed by atoms with van der Waals surface area (Å²) in [6, 6.07) is 0. The van der Waals surface area contributed by atoms with E-state index in [9.17, 15) is 4.79 Å². The maximum absolute atomic E-state index is 12.2. The van der Waals surface area contributed by atoms with Gasteiger partial charge >= 0.3 is 0 Å². The van der Waals surface area contributed by atoms with Gasteiger partial charge in [0.2, 0.25) is 11.0 Å². The zero-order chi connectivity index (χ0) is 12.3. The summed E-state index contributed by atoms with van der Waals surface area (Å²) in [5.74, 6) is -0.258. The second kappa shape index (κ2) is 4.98. The average molecular weight is 273 g/mol. The average Bonchev–Trinajstić information content (AvgIpc) is 2.82. The molecule has 0 aliphatic carbocycles. The highest BCUT2D eigenvalue weighted by Crippen LogP contribution is 2.32. The molecule has 2 heterocycles. The third kappa shape index (κ3) is 2.40. The van der Waals surface area contributed by atoms with Gasteiger partial charge in [0.05, 0.1) is 4.99 Å². The maximum Gasteiger partial charge on any atom is 0.239 e. The molecule has 92 valence electrons. The van der Waals surface area contributed by atoms with Gasteiger partial charge in [0, 0.05) is 24.7 Å². The lowest BCUT2D eigenvalue weighted by molar-refractivity contribution is -0.126. The lowest BCUT2D eigenvalue weighted by Gasteiger charge is -2.34. The second-order valence-electron chi connectivity index (χ2n) is 3.68. The fourth-order valence-corrected chi connectivity index (χ4v) is 2.36. The van der Waals surface area contributed by atoms with Crippen molar-refractivity contribution in [2.24, 2.45) is 11.1 Å². The van der Waals surface area contributed by atoms with Crippen LogP contribution in [0.1, 0.15) is 12.8 Å². The Hall–Kier alpha value is -1.19. The first-order valence-electron chi connectivity index (χ1n) is 4.99.